The number of phenolic OH excluding ortho intramolecular Hbond substituents is 1. The molecule has 0 spiro atoms. The van der Waals surface area contributed by atoms with E-state index in [1.807, 2.05) is 23.7 Å². The molecule has 0 bridgehead atoms. The molecule has 0 aliphatic heterocycles. The van der Waals surface area contributed by atoms with E-state index < -0.39 is 0 Å². The van der Waals surface area contributed by atoms with Crippen LogP contribution in [0.25, 0.3) is 11.3 Å². The van der Waals surface area contributed by atoms with E-state index in [0.29, 0.717) is 0 Å². The van der Waals surface area contributed by atoms with Gasteiger partial charge in [-0.1, -0.05) is 42.0 Å². The van der Waals surface area contributed by atoms with Crippen molar-refractivity contribution in [2.24, 2.45) is 10.1 Å². The summed E-state index contributed by atoms with van der Waals surface area (Å²) in [5.74, 6) is 0.226. The van der Waals surface area contributed by atoms with Gasteiger partial charge in [0.15, 0.2) is 0 Å². The fraction of sp³-hybridized carbons (Fsp3) is 0.238. The molecule has 1 aromatic heterocycles. The van der Waals surface area contributed by atoms with E-state index in [-0.39, 0.29) is 11.8 Å². The number of rotatable bonds is 4. The van der Waals surface area contributed by atoms with Crippen LogP contribution in [0.5, 0.6) is 5.75 Å². The van der Waals surface area contributed by atoms with Gasteiger partial charge in [0.2, 0.25) is 4.80 Å². The molecule has 4 nitrogen and oxygen atoms in total. The van der Waals surface area contributed by atoms with Gasteiger partial charge in [0, 0.05) is 22.5 Å². The van der Waals surface area contributed by atoms with E-state index in [1.165, 1.54) is 5.56 Å². The number of nitrogens with zero attached hydrogens (tertiary/aromatic N) is 3. The first-order chi connectivity index (χ1) is 12.5. The summed E-state index contributed by atoms with van der Waals surface area (Å²) in [4.78, 5) is 5.54. The number of aromatic hydroxyl groups is 1. The van der Waals surface area contributed by atoms with Crippen molar-refractivity contribution in [3.63, 3.8) is 0 Å². The van der Waals surface area contributed by atoms with Gasteiger partial charge in [-0.15, -0.1) is 11.3 Å². The van der Waals surface area contributed by atoms with Crippen LogP contribution in [0.4, 0.5) is 0 Å². The Balaban J connectivity index is 2.18. The fourth-order valence-electron chi connectivity index (χ4n) is 2.61. The lowest BCUT2D eigenvalue weighted by Gasteiger charge is -2.08. The van der Waals surface area contributed by atoms with Crippen LogP contribution in [-0.4, -0.2) is 21.5 Å². The second kappa shape index (κ2) is 7.70. The van der Waals surface area contributed by atoms with Crippen molar-refractivity contribution in [1.82, 2.24) is 4.68 Å². The molecule has 0 atom stereocenters. The van der Waals surface area contributed by atoms with Gasteiger partial charge in [0.25, 0.3) is 0 Å². The van der Waals surface area contributed by atoms with Crippen LogP contribution in [0.3, 0.4) is 0 Å². The van der Waals surface area contributed by atoms with Gasteiger partial charge >= 0.3 is 0 Å². The van der Waals surface area contributed by atoms with E-state index in [2.05, 4.69) is 50.4 Å². The zero-order valence-corrected chi connectivity index (χ0v) is 16.3. The monoisotopic (exact) mass is 365 g/mol. The van der Waals surface area contributed by atoms with Crippen molar-refractivity contribution >= 4 is 17.0 Å². The average molecular weight is 366 g/mol. The van der Waals surface area contributed by atoms with Crippen LogP contribution in [0.15, 0.2) is 64.0 Å². The van der Waals surface area contributed by atoms with Gasteiger partial charge < -0.3 is 5.11 Å². The van der Waals surface area contributed by atoms with Crippen molar-refractivity contribution in [2.75, 3.05) is 0 Å². The maximum atomic E-state index is 10.1. The number of thiazole rings is 1. The van der Waals surface area contributed by atoms with Crippen molar-refractivity contribution < 1.29 is 5.11 Å². The van der Waals surface area contributed by atoms with Crippen molar-refractivity contribution in [3.8, 4) is 17.0 Å². The maximum absolute atomic E-state index is 10.1. The molecule has 0 saturated heterocycles. The smallest absolute Gasteiger partial charge is 0.206 e. The molecule has 0 fully saturated rings. The summed E-state index contributed by atoms with van der Waals surface area (Å²) in [5.41, 5.74) is 4.75. The zero-order valence-electron chi connectivity index (χ0n) is 15.5. The van der Waals surface area contributed by atoms with Crippen molar-refractivity contribution in [2.45, 2.75) is 33.7 Å². The second-order valence-electron chi connectivity index (χ2n) is 6.51. The SMILES string of the molecule is CC(=Nn1c(-c2ccc(C)cc2)csc1=NC(C)C)c1ccccc1O. The summed E-state index contributed by atoms with van der Waals surface area (Å²) in [5, 5.41) is 17.0. The molecule has 0 radical (unpaired) electrons. The molecule has 0 unspecified atom stereocenters. The van der Waals surface area contributed by atoms with Crippen LogP contribution >= 0.6 is 11.3 Å². The van der Waals surface area contributed by atoms with Crippen molar-refractivity contribution in [1.29, 1.82) is 0 Å². The topological polar surface area (TPSA) is 49.9 Å². The highest BCUT2D eigenvalue weighted by Gasteiger charge is 2.10. The third-order valence-electron chi connectivity index (χ3n) is 3.95. The van der Waals surface area contributed by atoms with Crippen LogP contribution in [-0.2, 0) is 0 Å². The maximum Gasteiger partial charge on any atom is 0.206 e. The molecule has 5 heteroatoms. The number of aryl methyl sites for hydroxylation is 1. The van der Waals surface area contributed by atoms with E-state index in [4.69, 9.17) is 10.1 Å². The summed E-state index contributed by atoms with van der Waals surface area (Å²) in [7, 11) is 0. The molecule has 2 aromatic carbocycles. The minimum Gasteiger partial charge on any atom is -0.507 e. The molecule has 0 aliphatic rings. The van der Waals surface area contributed by atoms with Crippen molar-refractivity contribution in [3.05, 3.63) is 69.8 Å². The molecule has 1 heterocycles. The van der Waals surface area contributed by atoms with Crippen LogP contribution in [0.2, 0.25) is 0 Å². The van der Waals surface area contributed by atoms with Gasteiger partial charge in [-0.3, -0.25) is 4.99 Å². The van der Waals surface area contributed by atoms with Crippen LogP contribution in [0, 0.1) is 6.92 Å². The summed E-state index contributed by atoms with van der Waals surface area (Å²) in [6, 6.07) is 15.8. The Bertz CT molecular complexity index is 995. The van der Waals surface area contributed by atoms with E-state index >= 15 is 0 Å². The highest BCUT2D eigenvalue weighted by atomic mass is 32.1. The van der Waals surface area contributed by atoms with Gasteiger partial charge in [-0.05, 0) is 39.8 Å². The average Bonchev–Trinajstić information content (AvgIpc) is 2.97. The first kappa shape index (κ1) is 18.1. The zero-order chi connectivity index (χ0) is 18.7. The molecule has 0 saturated carbocycles. The predicted octanol–water partition coefficient (Wildman–Crippen LogP) is 4.81. The largest absolute Gasteiger partial charge is 0.507 e. The molecule has 134 valence electrons. The lowest BCUT2D eigenvalue weighted by Crippen LogP contribution is -2.16. The third-order valence-corrected chi connectivity index (χ3v) is 4.78. The highest BCUT2D eigenvalue weighted by Crippen LogP contribution is 2.22. The van der Waals surface area contributed by atoms with Gasteiger partial charge in [-0.25, -0.2) is 4.68 Å². The number of benzene rings is 2. The van der Waals surface area contributed by atoms with E-state index in [0.717, 1.165) is 27.3 Å². The normalized spacial score (nSPS) is 12.8. The minimum atomic E-state index is 0.173. The summed E-state index contributed by atoms with van der Waals surface area (Å²) < 4.78 is 1.87. The second-order valence-corrected chi connectivity index (χ2v) is 7.34. The van der Waals surface area contributed by atoms with E-state index in [1.54, 1.807) is 23.5 Å². The summed E-state index contributed by atoms with van der Waals surface area (Å²) >= 11 is 1.57. The molecule has 3 rings (SSSR count). The number of phenols is 1. The summed E-state index contributed by atoms with van der Waals surface area (Å²) in [6.45, 7) is 8.08. The molecule has 26 heavy (non-hydrogen) atoms. The molecular weight excluding hydrogens is 342 g/mol. The quantitative estimate of drug-likeness (QED) is 0.663. The molecule has 1 N–H and O–H groups in total. The number of aromatic nitrogens is 1. The van der Waals surface area contributed by atoms with E-state index in [9.17, 15) is 5.11 Å². The molecule has 3 aromatic rings. The van der Waals surface area contributed by atoms with Crippen LogP contribution < -0.4 is 4.80 Å². The van der Waals surface area contributed by atoms with Gasteiger partial charge in [0.1, 0.15) is 5.75 Å². The first-order valence-electron chi connectivity index (χ1n) is 8.61. The number of para-hydroxylation sites is 1. The van der Waals surface area contributed by atoms with Gasteiger partial charge in [0.05, 0.1) is 11.4 Å². The Morgan fingerprint density at radius 2 is 1.77 bits per heavy atom. The Kier molecular flexibility index (Phi) is 5.38. The molecular formula is C21H23N3OS. The first-order valence-corrected chi connectivity index (χ1v) is 9.49. The summed E-state index contributed by atoms with van der Waals surface area (Å²) in [6.07, 6.45) is 0. The Hall–Kier alpha value is -2.66. The highest BCUT2D eigenvalue weighted by molar-refractivity contribution is 7.07. The standard InChI is InChI=1S/C21H23N3OS/c1-14(2)22-21-24(23-16(4)18-7-5-6-8-20(18)25)19(13-26-21)17-11-9-15(3)10-12-17/h5-14,25H,1-4H3. The Morgan fingerprint density at radius 1 is 1.08 bits per heavy atom. The molecule has 0 amide bonds. The lowest BCUT2D eigenvalue weighted by molar-refractivity contribution is 0.474. The third kappa shape index (κ3) is 3.94. The Morgan fingerprint density at radius 3 is 2.42 bits per heavy atom. The lowest BCUT2D eigenvalue weighted by atomic mass is 10.1. The van der Waals surface area contributed by atoms with Gasteiger partial charge in [-0.2, -0.15) is 5.10 Å². The number of hydrogen-bond donors (Lipinski definition) is 1. The minimum absolute atomic E-state index is 0.173. The van der Waals surface area contributed by atoms with Crippen LogP contribution in [0.1, 0.15) is 31.9 Å². The predicted molar refractivity (Wildman–Crippen MR) is 109 cm³/mol. The fourth-order valence-corrected chi connectivity index (χ4v) is 3.58. The molecule has 0 aliphatic carbocycles. The number of hydrogen-bond acceptors (Lipinski definition) is 4. The Labute approximate surface area is 157 Å².